The third kappa shape index (κ3) is 2.00. The number of nitrogens with zero attached hydrogens (tertiary/aromatic N) is 1. The lowest BCUT2D eigenvalue weighted by molar-refractivity contribution is 0.559. The first kappa shape index (κ1) is 10.1. The predicted molar refractivity (Wildman–Crippen MR) is 59.6 cm³/mol. The molecule has 3 N–H and O–H groups in total. The van der Waals surface area contributed by atoms with Crippen molar-refractivity contribution in [1.82, 2.24) is 10.3 Å². The van der Waals surface area contributed by atoms with E-state index in [1.807, 2.05) is 32.2 Å². The molecule has 2 rings (SSSR count). The van der Waals surface area contributed by atoms with E-state index >= 15 is 0 Å². The molecule has 0 fully saturated rings. The average molecular weight is 205 g/mol. The minimum absolute atomic E-state index is 0.00944. The molecule has 0 saturated carbocycles. The van der Waals surface area contributed by atoms with Crippen molar-refractivity contribution >= 4 is 11.1 Å². The molecule has 0 saturated heterocycles. The summed E-state index contributed by atoms with van der Waals surface area (Å²) in [6, 6.07) is 5.88. The van der Waals surface area contributed by atoms with Crippen molar-refractivity contribution in [2.24, 2.45) is 5.73 Å². The molecule has 1 aromatic heterocycles. The van der Waals surface area contributed by atoms with Crippen LogP contribution >= 0.6 is 0 Å². The van der Waals surface area contributed by atoms with Crippen LogP contribution in [-0.2, 0) is 0 Å². The van der Waals surface area contributed by atoms with E-state index in [4.69, 9.17) is 10.2 Å². The summed E-state index contributed by atoms with van der Waals surface area (Å²) in [5, 5.41) is 3.05. The summed E-state index contributed by atoms with van der Waals surface area (Å²) in [5.74, 6) is 0.685. The summed E-state index contributed by atoms with van der Waals surface area (Å²) < 4.78 is 5.45. The van der Waals surface area contributed by atoms with Crippen LogP contribution in [0.1, 0.15) is 17.5 Å². The van der Waals surface area contributed by atoms with Gasteiger partial charge in [-0.15, -0.1) is 0 Å². The highest BCUT2D eigenvalue weighted by atomic mass is 16.3. The quantitative estimate of drug-likeness (QED) is 0.794. The highest BCUT2D eigenvalue weighted by Gasteiger charge is 2.08. The van der Waals surface area contributed by atoms with Gasteiger partial charge in [0.2, 0.25) is 0 Å². The van der Waals surface area contributed by atoms with Crippen LogP contribution in [0.25, 0.3) is 11.1 Å². The maximum atomic E-state index is 5.98. The van der Waals surface area contributed by atoms with E-state index in [9.17, 15) is 0 Å². The number of aryl methyl sites for hydroxylation is 1. The molecule has 1 aromatic carbocycles. The number of rotatable bonds is 3. The fourth-order valence-electron chi connectivity index (χ4n) is 1.62. The van der Waals surface area contributed by atoms with Gasteiger partial charge in [-0.25, -0.2) is 4.98 Å². The number of likely N-dealkylation sites (N-methyl/N-ethyl adjacent to an activating group) is 1. The second-order valence-electron chi connectivity index (χ2n) is 3.62. The molecule has 15 heavy (non-hydrogen) atoms. The fraction of sp³-hybridized carbons (Fsp3) is 0.364. The van der Waals surface area contributed by atoms with Gasteiger partial charge in [0.05, 0.1) is 0 Å². The molecular formula is C11H15N3O. The van der Waals surface area contributed by atoms with Gasteiger partial charge < -0.3 is 15.5 Å². The molecule has 0 aliphatic heterocycles. The second kappa shape index (κ2) is 4.00. The third-order valence-electron chi connectivity index (χ3n) is 2.37. The number of hydrogen-bond acceptors (Lipinski definition) is 4. The number of nitrogens with two attached hydrogens (primary N) is 1. The van der Waals surface area contributed by atoms with Gasteiger partial charge in [-0.1, -0.05) is 6.07 Å². The molecule has 4 nitrogen and oxygen atoms in total. The van der Waals surface area contributed by atoms with Gasteiger partial charge >= 0.3 is 0 Å². The summed E-state index contributed by atoms with van der Waals surface area (Å²) in [6.45, 7) is 2.59. The lowest BCUT2D eigenvalue weighted by Gasteiger charge is -2.10. The van der Waals surface area contributed by atoms with Crippen LogP contribution in [0.4, 0.5) is 0 Å². The number of hydrogen-bond donors (Lipinski definition) is 2. The molecule has 0 spiro atoms. The van der Waals surface area contributed by atoms with Crippen LogP contribution in [0.3, 0.4) is 0 Å². The first-order valence-corrected chi connectivity index (χ1v) is 4.98. The van der Waals surface area contributed by atoms with Crippen LogP contribution < -0.4 is 11.1 Å². The lowest BCUT2D eigenvalue weighted by atomic mass is 10.1. The third-order valence-corrected chi connectivity index (χ3v) is 2.37. The molecule has 0 amide bonds. The van der Waals surface area contributed by atoms with E-state index in [0.29, 0.717) is 5.89 Å². The van der Waals surface area contributed by atoms with Gasteiger partial charge in [-0.2, -0.15) is 0 Å². The van der Waals surface area contributed by atoms with E-state index < -0.39 is 0 Å². The second-order valence-corrected chi connectivity index (χ2v) is 3.62. The Morgan fingerprint density at radius 3 is 3.07 bits per heavy atom. The average Bonchev–Trinajstić information content (AvgIpc) is 2.57. The van der Waals surface area contributed by atoms with Crippen molar-refractivity contribution in [3.05, 3.63) is 29.7 Å². The fourth-order valence-corrected chi connectivity index (χ4v) is 1.62. The monoisotopic (exact) mass is 205 g/mol. The van der Waals surface area contributed by atoms with Crippen LogP contribution in [0.15, 0.2) is 22.6 Å². The summed E-state index contributed by atoms with van der Waals surface area (Å²) >= 11 is 0. The molecule has 0 aliphatic rings. The topological polar surface area (TPSA) is 64.1 Å². The Kier molecular flexibility index (Phi) is 2.70. The van der Waals surface area contributed by atoms with Crippen molar-refractivity contribution in [3.8, 4) is 0 Å². The van der Waals surface area contributed by atoms with Gasteiger partial charge in [0.15, 0.2) is 11.5 Å². The number of aromatic nitrogens is 1. The summed E-state index contributed by atoms with van der Waals surface area (Å²) in [4.78, 5) is 4.24. The molecule has 1 atom stereocenters. The van der Waals surface area contributed by atoms with Crippen molar-refractivity contribution in [3.63, 3.8) is 0 Å². The summed E-state index contributed by atoms with van der Waals surface area (Å²) in [7, 11) is 1.89. The Morgan fingerprint density at radius 1 is 1.53 bits per heavy atom. The highest BCUT2D eigenvalue weighted by Crippen LogP contribution is 2.19. The molecular weight excluding hydrogens is 190 g/mol. The number of fused-ring (bicyclic) bond motifs is 1. The molecule has 4 heteroatoms. The first-order chi connectivity index (χ1) is 7.20. The van der Waals surface area contributed by atoms with E-state index in [-0.39, 0.29) is 6.04 Å². The van der Waals surface area contributed by atoms with E-state index in [2.05, 4.69) is 10.3 Å². The van der Waals surface area contributed by atoms with Crippen molar-refractivity contribution < 1.29 is 4.42 Å². The molecule has 0 radical (unpaired) electrons. The van der Waals surface area contributed by atoms with E-state index in [1.165, 1.54) is 0 Å². The molecule has 1 unspecified atom stereocenters. The normalized spacial score (nSPS) is 13.3. The first-order valence-electron chi connectivity index (χ1n) is 4.98. The smallest absolute Gasteiger partial charge is 0.192 e. The zero-order valence-electron chi connectivity index (χ0n) is 8.95. The highest BCUT2D eigenvalue weighted by molar-refractivity contribution is 5.73. The molecule has 1 heterocycles. The largest absolute Gasteiger partial charge is 0.441 e. The van der Waals surface area contributed by atoms with Crippen molar-refractivity contribution in [2.45, 2.75) is 13.0 Å². The van der Waals surface area contributed by atoms with E-state index in [0.717, 1.165) is 23.2 Å². The Labute approximate surface area is 88.5 Å². The summed E-state index contributed by atoms with van der Waals surface area (Å²) in [5.41, 5.74) is 8.73. The van der Waals surface area contributed by atoms with Gasteiger partial charge in [-0.3, -0.25) is 0 Å². The van der Waals surface area contributed by atoms with Gasteiger partial charge in [-0.05, 0) is 24.7 Å². The molecule has 0 bridgehead atoms. The molecule has 80 valence electrons. The standard InChI is InChI=1S/C11H15N3O/c1-7-14-10-4-3-8(5-11(10)15-7)9(12)6-13-2/h3-5,9,13H,6,12H2,1-2H3. The van der Waals surface area contributed by atoms with Crippen LogP contribution in [0, 0.1) is 6.92 Å². The van der Waals surface area contributed by atoms with Gasteiger partial charge in [0.1, 0.15) is 5.52 Å². The number of oxazole rings is 1. The zero-order valence-corrected chi connectivity index (χ0v) is 8.95. The zero-order chi connectivity index (χ0) is 10.8. The number of nitrogens with one attached hydrogen (secondary N) is 1. The van der Waals surface area contributed by atoms with Gasteiger partial charge in [0.25, 0.3) is 0 Å². The van der Waals surface area contributed by atoms with E-state index in [1.54, 1.807) is 0 Å². The van der Waals surface area contributed by atoms with Crippen molar-refractivity contribution in [2.75, 3.05) is 13.6 Å². The Morgan fingerprint density at radius 2 is 2.33 bits per heavy atom. The predicted octanol–water partition coefficient (Wildman–Crippen LogP) is 1.36. The Hall–Kier alpha value is -1.39. The molecule has 0 aliphatic carbocycles. The summed E-state index contributed by atoms with van der Waals surface area (Å²) in [6.07, 6.45) is 0. The van der Waals surface area contributed by atoms with Crippen molar-refractivity contribution in [1.29, 1.82) is 0 Å². The minimum Gasteiger partial charge on any atom is -0.441 e. The van der Waals surface area contributed by atoms with Crippen LogP contribution in [-0.4, -0.2) is 18.6 Å². The Bertz CT molecular complexity index is 464. The maximum Gasteiger partial charge on any atom is 0.192 e. The van der Waals surface area contributed by atoms with Gasteiger partial charge in [0, 0.05) is 19.5 Å². The SMILES string of the molecule is CNCC(N)c1ccc2nc(C)oc2c1. The maximum absolute atomic E-state index is 5.98. The Balaban J connectivity index is 2.37. The minimum atomic E-state index is -0.00944. The van der Waals surface area contributed by atoms with Crippen LogP contribution in [0.5, 0.6) is 0 Å². The number of benzene rings is 1. The lowest BCUT2D eigenvalue weighted by Crippen LogP contribution is -2.23. The molecule has 2 aromatic rings. The van der Waals surface area contributed by atoms with Crippen LogP contribution in [0.2, 0.25) is 0 Å².